The van der Waals surface area contributed by atoms with Crippen LogP contribution >= 0.6 is 0 Å². The van der Waals surface area contributed by atoms with Gasteiger partial charge in [0, 0.05) is 17.6 Å². The van der Waals surface area contributed by atoms with Crippen molar-refractivity contribution < 1.29 is 0 Å². The molecule has 0 bridgehead atoms. The molecule has 3 atom stereocenters. The first kappa shape index (κ1) is 11.6. The van der Waals surface area contributed by atoms with Gasteiger partial charge >= 0.3 is 0 Å². The van der Waals surface area contributed by atoms with Crippen LogP contribution in [0.15, 0.2) is 42.5 Å². The highest BCUT2D eigenvalue weighted by Crippen LogP contribution is 2.57. The molecule has 2 aromatic rings. The third kappa shape index (κ3) is 1.47. The molecule has 0 spiro atoms. The van der Waals surface area contributed by atoms with Gasteiger partial charge < -0.3 is 4.90 Å². The summed E-state index contributed by atoms with van der Waals surface area (Å²) in [5.41, 5.74) is 8.78. The summed E-state index contributed by atoms with van der Waals surface area (Å²) in [6, 6.07) is 14.8. The quantitative estimate of drug-likeness (QED) is 0.669. The molecule has 2 aromatic carbocycles. The van der Waals surface area contributed by atoms with Crippen LogP contribution in [0.3, 0.4) is 0 Å². The Morgan fingerprint density at radius 3 is 2.62 bits per heavy atom. The maximum Gasteiger partial charge on any atom is 0.0736 e. The summed E-state index contributed by atoms with van der Waals surface area (Å²) < 4.78 is 0. The highest BCUT2D eigenvalue weighted by molar-refractivity contribution is 5.76. The average Bonchev–Trinajstić information content (AvgIpc) is 3.29. The van der Waals surface area contributed by atoms with E-state index in [1.807, 2.05) is 0 Å². The van der Waals surface area contributed by atoms with E-state index in [1.54, 1.807) is 5.56 Å². The Balaban J connectivity index is 1.74. The fourth-order valence-corrected chi connectivity index (χ4v) is 4.20. The number of aryl methyl sites for hydroxylation is 2. The summed E-state index contributed by atoms with van der Waals surface area (Å²) >= 11 is 0. The Hall–Kier alpha value is -2.02. The molecule has 21 heavy (non-hydrogen) atoms. The van der Waals surface area contributed by atoms with Crippen LogP contribution in [-0.2, 0) is 0 Å². The SMILES string of the molecule is Cc1cc2c(cc1C)C1C=Cc3ccccc3N1C1CC21. The largest absolute Gasteiger partial charge is 0.357 e. The fourth-order valence-electron chi connectivity index (χ4n) is 4.20. The minimum Gasteiger partial charge on any atom is -0.357 e. The van der Waals surface area contributed by atoms with Gasteiger partial charge in [-0.1, -0.05) is 42.5 Å². The molecule has 2 aliphatic heterocycles. The van der Waals surface area contributed by atoms with Gasteiger partial charge in [-0.05, 0) is 54.2 Å². The number of hydrogen-bond donors (Lipinski definition) is 0. The first-order valence-electron chi connectivity index (χ1n) is 7.90. The molecule has 0 N–H and O–H groups in total. The van der Waals surface area contributed by atoms with E-state index in [4.69, 9.17) is 0 Å². The van der Waals surface area contributed by atoms with Crippen molar-refractivity contribution in [2.75, 3.05) is 4.90 Å². The van der Waals surface area contributed by atoms with Crippen LogP contribution in [0.4, 0.5) is 5.69 Å². The first-order valence-corrected chi connectivity index (χ1v) is 7.90. The molecule has 1 heteroatoms. The summed E-state index contributed by atoms with van der Waals surface area (Å²) in [5, 5.41) is 0. The van der Waals surface area contributed by atoms with Crippen LogP contribution in [0, 0.1) is 13.8 Å². The Kier molecular flexibility index (Phi) is 2.10. The van der Waals surface area contributed by atoms with Crippen LogP contribution in [-0.4, -0.2) is 6.04 Å². The number of rotatable bonds is 0. The van der Waals surface area contributed by atoms with E-state index in [2.05, 4.69) is 67.3 Å². The zero-order valence-electron chi connectivity index (χ0n) is 12.5. The second-order valence-corrected chi connectivity index (χ2v) is 6.74. The highest BCUT2D eigenvalue weighted by Gasteiger charge is 2.51. The van der Waals surface area contributed by atoms with E-state index in [9.17, 15) is 0 Å². The lowest BCUT2D eigenvalue weighted by Crippen LogP contribution is -2.36. The number of fused-ring (bicyclic) bond motifs is 8. The van der Waals surface area contributed by atoms with Crippen molar-refractivity contribution in [3.8, 4) is 0 Å². The highest BCUT2D eigenvalue weighted by atomic mass is 15.2. The lowest BCUT2D eigenvalue weighted by Gasteiger charge is -2.40. The standard InChI is InChI=1S/C20H19N/c1-12-9-15-16(10-13(12)2)19-8-7-14-5-3-4-6-18(14)21(19)20-11-17(15)20/h3-10,17,19-20H,11H2,1-2H3. The van der Waals surface area contributed by atoms with Crippen LogP contribution in [0.2, 0.25) is 0 Å². The van der Waals surface area contributed by atoms with E-state index < -0.39 is 0 Å². The second-order valence-electron chi connectivity index (χ2n) is 6.74. The van der Waals surface area contributed by atoms with Gasteiger partial charge in [0.15, 0.2) is 0 Å². The van der Waals surface area contributed by atoms with Crippen molar-refractivity contribution >= 4 is 11.8 Å². The molecule has 0 aromatic heterocycles. The van der Waals surface area contributed by atoms with Gasteiger partial charge in [0.05, 0.1) is 6.04 Å². The molecule has 3 unspecified atom stereocenters. The van der Waals surface area contributed by atoms with E-state index >= 15 is 0 Å². The maximum atomic E-state index is 2.66. The molecule has 5 rings (SSSR count). The zero-order valence-corrected chi connectivity index (χ0v) is 12.5. The lowest BCUT2D eigenvalue weighted by atomic mass is 9.86. The third-order valence-corrected chi connectivity index (χ3v) is 5.50. The summed E-state index contributed by atoms with van der Waals surface area (Å²) in [6.07, 6.45) is 6.01. The maximum absolute atomic E-state index is 2.66. The fraction of sp³-hybridized carbons (Fsp3) is 0.300. The van der Waals surface area contributed by atoms with E-state index in [0.29, 0.717) is 12.1 Å². The van der Waals surface area contributed by atoms with Crippen molar-refractivity contribution in [3.63, 3.8) is 0 Å². The molecule has 0 amide bonds. The predicted octanol–water partition coefficient (Wildman–Crippen LogP) is 4.75. The summed E-state index contributed by atoms with van der Waals surface area (Å²) in [4.78, 5) is 2.66. The van der Waals surface area contributed by atoms with Crippen LogP contribution < -0.4 is 4.90 Å². The third-order valence-electron chi connectivity index (χ3n) is 5.50. The first-order chi connectivity index (χ1) is 10.2. The van der Waals surface area contributed by atoms with Crippen molar-refractivity contribution in [3.05, 3.63) is 70.3 Å². The Labute approximate surface area is 125 Å². The van der Waals surface area contributed by atoms with Crippen molar-refractivity contribution in [1.82, 2.24) is 0 Å². The molecule has 2 heterocycles. The normalized spacial score (nSPS) is 27.5. The van der Waals surface area contributed by atoms with Crippen molar-refractivity contribution in [2.45, 2.75) is 38.3 Å². The number of nitrogens with zero attached hydrogens (tertiary/aromatic N) is 1. The molecule has 0 saturated heterocycles. The van der Waals surface area contributed by atoms with E-state index in [0.717, 1.165) is 5.92 Å². The van der Waals surface area contributed by atoms with Gasteiger partial charge in [0.2, 0.25) is 0 Å². The molecule has 3 aliphatic rings. The Morgan fingerprint density at radius 2 is 1.76 bits per heavy atom. The van der Waals surface area contributed by atoms with Crippen LogP contribution in [0.25, 0.3) is 6.08 Å². The van der Waals surface area contributed by atoms with Crippen LogP contribution in [0.1, 0.15) is 46.2 Å². The zero-order chi connectivity index (χ0) is 14.1. The minimum atomic E-state index is 0.429. The summed E-state index contributed by atoms with van der Waals surface area (Å²) in [7, 11) is 0. The smallest absolute Gasteiger partial charge is 0.0736 e. The van der Waals surface area contributed by atoms with Gasteiger partial charge in [-0.25, -0.2) is 0 Å². The monoisotopic (exact) mass is 273 g/mol. The number of anilines is 1. The minimum absolute atomic E-state index is 0.429. The molecule has 104 valence electrons. The van der Waals surface area contributed by atoms with Crippen LogP contribution in [0.5, 0.6) is 0 Å². The molecular weight excluding hydrogens is 254 g/mol. The molecule has 1 aliphatic carbocycles. The van der Waals surface area contributed by atoms with Gasteiger partial charge in [-0.3, -0.25) is 0 Å². The number of para-hydroxylation sites is 1. The molecule has 1 nitrogen and oxygen atoms in total. The lowest BCUT2D eigenvalue weighted by molar-refractivity contribution is 0.664. The van der Waals surface area contributed by atoms with Gasteiger partial charge in [-0.2, -0.15) is 0 Å². The average molecular weight is 273 g/mol. The molecule has 1 saturated carbocycles. The van der Waals surface area contributed by atoms with E-state index in [1.165, 1.54) is 34.4 Å². The van der Waals surface area contributed by atoms with Crippen molar-refractivity contribution in [2.24, 2.45) is 0 Å². The van der Waals surface area contributed by atoms with Crippen molar-refractivity contribution in [1.29, 1.82) is 0 Å². The topological polar surface area (TPSA) is 3.24 Å². The second kappa shape index (κ2) is 3.79. The van der Waals surface area contributed by atoms with Gasteiger partial charge in [0.1, 0.15) is 0 Å². The molecular formula is C20H19N. The van der Waals surface area contributed by atoms with E-state index in [-0.39, 0.29) is 0 Å². The number of benzene rings is 2. The van der Waals surface area contributed by atoms with Gasteiger partial charge in [-0.15, -0.1) is 0 Å². The summed E-state index contributed by atoms with van der Waals surface area (Å²) in [6.45, 7) is 4.48. The Bertz CT molecular complexity index is 786. The number of hydrogen-bond acceptors (Lipinski definition) is 1. The van der Waals surface area contributed by atoms with Gasteiger partial charge in [0.25, 0.3) is 0 Å². The molecule has 0 radical (unpaired) electrons. The molecule has 1 fully saturated rings. The predicted molar refractivity (Wildman–Crippen MR) is 87.8 cm³/mol. The summed E-state index contributed by atoms with van der Waals surface area (Å²) in [5.74, 6) is 0.745. The Morgan fingerprint density at radius 1 is 1.00 bits per heavy atom.